The van der Waals surface area contributed by atoms with Crippen LogP contribution in [-0.4, -0.2) is 0 Å². The molecule has 0 aliphatic rings. The van der Waals surface area contributed by atoms with Gasteiger partial charge in [0.25, 0.3) is 0 Å². The van der Waals surface area contributed by atoms with Crippen LogP contribution < -0.4 is 4.90 Å². The molecular formula is C46H31NO. The van der Waals surface area contributed by atoms with Crippen LogP contribution in [0.15, 0.2) is 192 Å². The maximum Gasteiger partial charge on any atom is 0.136 e. The van der Waals surface area contributed by atoms with E-state index in [0.717, 1.165) is 39.0 Å². The normalized spacial score (nSPS) is 11.3. The van der Waals surface area contributed by atoms with Crippen molar-refractivity contribution in [3.63, 3.8) is 0 Å². The average molecular weight is 614 g/mol. The van der Waals surface area contributed by atoms with Crippen LogP contribution in [0.5, 0.6) is 0 Å². The molecule has 0 spiro atoms. The highest BCUT2D eigenvalue weighted by atomic mass is 16.3. The van der Waals surface area contributed by atoms with Crippen molar-refractivity contribution < 1.29 is 4.42 Å². The molecule has 2 nitrogen and oxygen atoms in total. The lowest BCUT2D eigenvalue weighted by atomic mass is 9.94. The summed E-state index contributed by atoms with van der Waals surface area (Å²) in [7, 11) is 0. The van der Waals surface area contributed by atoms with Gasteiger partial charge in [0.15, 0.2) is 0 Å². The van der Waals surface area contributed by atoms with E-state index in [1.165, 1.54) is 44.2 Å². The zero-order valence-electron chi connectivity index (χ0n) is 26.3. The molecule has 8 aromatic carbocycles. The molecular weight excluding hydrogens is 583 g/mol. The number of hydrogen-bond acceptors (Lipinski definition) is 2. The largest absolute Gasteiger partial charge is 0.456 e. The van der Waals surface area contributed by atoms with Gasteiger partial charge < -0.3 is 9.32 Å². The van der Waals surface area contributed by atoms with Crippen molar-refractivity contribution in [2.75, 3.05) is 4.90 Å². The van der Waals surface area contributed by atoms with Crippen molar-refractivity contribution >= 4 is 49.8 Å². The molecule has 0 amide bonds. The van der Waals surface area contributed by atoms with Crippen LogP contribution in [0.4, 0.5) is 17.1 Å². The predicted octanol–water partition coefficient (Wildman–Crippen LogP) is 13.2. The van der Waals surface area contributed by atoms with E-state index in [1.807, 2.05) is 0 Å². The van der Waals surface area contributed by atoms with Crippen LogP contribution in [-0.2, 0) is 0 Å². The quantitative estimate of drug-likeness (QED) is 0.185. The number of nitrogens with zero attached hydrogens (tertiary/aromatic N) is 1. The Balaban J connectivity index is 1.24. The molecule has 0 saturated heterocycles. The van der Waals surface area contributed by atoms with Crippen molar-refractivity contribution in [1.82, 2.24) is 0 Å². The number of fused-ring (bicyclic) bond motifs is 5. The molecule has 226 valence electrons. The van der Waals surface area contributed by atoms with Gasteiger partial charge in [-0.15, -0.1) is 0 Å². The minimum absolute atomic E-state index is 0.878. The van der Waals surface area contributed by atoms with Gasteiger partial charge in [0.2, 0.25) is 0 Å². The van der Waals surface area contributed by atoms with Crippen LogP contribution in [0.1, 0.15) is 0 Å². The van der Waals surface area contributed by atoms with E-state index >= 15 is 0 Å². The third kappa shape index (κ3) is 4.92. The topological polar surface area (TPSA) is 16.4 Å². The van der Waals surface area contributed by atoms with Gasteiger partial charge in [0, 0.05) is 33.2 Å². The summed E-state index contributed by atoms with van der Waals surface area (Å²) in [5.41, 5.74) is 12.2. The smallest absolute Gasteiger partial charge is 0.136 e. The summed E-state index contributed by atoms with van der Waals surface area (Å²) in [4.78, 5) is 2.34. The second-order valence-corrected chi connectivity index (χ2v) is 12.2. The first-order chi connectivity index (χ1) is 23.8. The summed E-state index contributed by atoms with van der Waals surface area (Å²) in [6.07, 6.45) is 0. The van der Waals surface area contributed by atoms with Crippen LogP contribution in [0, 0.1) is 0 Å². The van der Waals surface area contributed by atoms with Crippen molar-refractivity contribution in [2.45, 2.75) is 0 Å². The number of hydrogen-bond donors (Lipinski definition) is 0. The third-order valence-electron chi connectivity index (χ3n) is 9.27. The Morgan fingerprint density at radius 1 is 0.333 bits per heavy atom. The fourth-order valence-electron chi connectivity index (χ4n) is 6.95. The van der Waals surface area contributed by atoms with Gasteiger partial charge in [0.1, 0.15) is 11.2 Å². The first kappa shape index (κ1) is 27.9. The van der Waals surface area contributed by atoms with Crippen LogP contribution in [0.3, 0.4) is 0 Å². The summed E-state index contributed by atoms with van der Waals surface area (Å²) < 4.78 is 6.51. The van der Waals surface area contributed by atoms with E-state index < -0.39 is 0 Å². The second-order valence-electron chi connectivity index (χ2n) is 12.2. The molecule has 0 radical (unpaired) electrons. The molecule has 0 atom stereocenters. The Labute approximate surface area is 279 Å². The van der Waals surface area contributed by atoms with Gasteiger partial charge in [-0.3, -0.25) is 0 Å². The van der Waals surface area contributed by atoms with Gasteiger partial charge in [0.05, 0.1) is 0 Å². The lowest BCUT2D eigenvalue weighted by Crippen LogP contribution is -2.09. The van der Waals surface area contributed by atoms with E-state index in [2.05, 4.69) is 193 Å². The summed E-state index contributed by atoms with van der Waals surface area (Å²) in [6.45, 7) is 0. The molecule has 2 heteroatoms. The van der Waals surface area contributed by atoms with Crippen molar-refractivity contribution in [1.29, 1.82) is 0 Å². The lowest BCUT2D eigenvalue weighted by molar-refractivity contribution is 0.669. The minimum atomic E-state index is 0.878. The van der Waals surface area contributed by atoms with E-state index in [0.29, 0.717) is 0 Å². The average Bonchev–Trinajstić information content (AvgIpc) is 3.55. The summed E-state index contributed by atoms with van der Waals surface area (Å²) in [5.74, 6) is 0. The fourth-order valence-corrected chi connectivity index (χ4v) is 6.95. The van der Waals surface area contributed by atoms with Gasteiger partial charge in [-0.05, 0) is 87.3 Å². The Morgan fingerprint density at radius 2 is 0.833 bits per heavy atom. The Hall–Kier alpha value is -6.38. The molecule has 0 saturated carbocycles. The predicted molar refractivity (Wildman–Crippen MR) is 202 cm³/mol. The number of anilines is 3. The molecule has 0 fully saturated rings. The summed E-state index contributed by atoms with van der Waals surface area (Å²) >= 11 is 0. The fraction of sp³-hybridized carbons (Fsp3) is 0. The van der Waals surface area contributed by atoms with E-state index in [-0.39, 0.29) is 0 Å². The molecule has 0 N–H and O–H groups in total. The first-order valence-electron chi connectivity index (χ1n) is 16.3. The summed E-state index contributed by atoms with van der Waals surface area (Å²) in [6, 6.07) is 66.8. The molecule has 0 bridgehead atoms. The van der Waals surface area contributed by atoms with E-state index in [1.54, 1.807) is 0 Å². The Kier molecular flexibility index (Phi) is 6.84. The number of benzene rings is 8. The molecule has 0 aliphatic carbocycles. The molecule has 0 aliphatic heterocycles. The lowest BCUT2D eigenvalue weighted by Gasteiger charge is -2.26. The molecule has 1 aromatic heterocycles. The number of rotatable bonds is 6. The van der Waals surface area contributed by atoms with Crippen LogP contribution in [0.2, 0.25) is 0 Å². The zero-order valence-corrected chi connectivity index (χ0v) is 26.3. The monoisotopic (exact) mass is 613 g/mol. The van der Waals surface area contributed by atoms with Gasteiger partial charge in [-0.25, -0.2) is 0 Å². The van der Waals surface area contributed by atoms with Crippen LogP contribution in [0.25, 0.3) is 66.1 Å². The highest BCUT2D eigenvalue weighted by Gasteiger charge is 2.18. The van der Waals surface area contributed by atoms with Gasteiger partial charge in [-0.1, -0.05) is 140 Å². The standard InChI is InChI=1S/C46H31NO/c1-4-11-32(12-5-1)34-19-24-38(25-20-34)47(39-26-21-35(22-27-39)33-13-6-2-7-14-33)40-28-30-43-42(31-40)46-44(48-43)29-23-37-17-10-18-41(45(37)46)36-15-8-3-9-16-36/h1-31H. The van der Waals surface area contributed by atoms with E-state index in [4.69, 9.17) is 4.42 Å². The highest BCUT2D eigenvalue weighted by molar-refractivity contribution is 6.23. The Morgan fingerprint density at radius 3 is 1.42 bits per heavy atom. The maximum atomic E-state index is 6.51. The molecule has 9 rings (SSSR count). The van der Waals surface area contributed by atoms with Crippen molar-refractivity contribution in [2.24, 2.45) is 0 Å². The molecule has 1 heterocycles. The van der Waals surface area contributed by atoms with E-state index in [9.17, 15) is 0 Å². The number of furan rings is 1. The van der Waals surface area contributed by atoms with Crippen molar-refractivity contribution in [3.8, 4) is 33.4 Å². The minimum Gasteiger partial charge on any atom is -0.456 e. The van der Waals surface area contributed by atoms with Gasteiger partial charge in [-0.2, -0.15) is 0 Å². The molecule has 48 heavy (non-hydrogen) atoms. The second kappa shape index (κ2) is 11.8. The van der Waals surface area contributed by atoms with Crippen molar-refractivity contribution in [3.05, 3.63) is 188 Å². The third-order valence-corrected chi connectivity index (χ3v) is 9.27. The zero-order chi connectivity index (χ0) is 31.9. The molecule has 9 aromatic rings. The summed E-state index contributed by atoms with van der Waals surface area (Å²) in [5, 5.41) is 4.65. The van der Waals surface area contributed by atoms with Gasteiger partial charge >= 0.3 is 0 Å². The van der Waals surface area contributed by atoms with Crippen LogP contribution >= 0.6 is 0 Å². The molecule has 0 unspecified atom stereocenters. The maximum absolute atomic E-state index is 6.51. The Bertz CT molecular complexity index is 2430. The highest BCUT2D eigenvalue weighted by Crippen LogP contribution is 2.43. The SMILES string of the molecule is c1ccc(-c2ccc(N(c3ccc(-c4ccccc4)cc3)c3ccc4oc5ccc6cccc(-c7ccccc7)c6c5c4c3)cc2)cc1. The first-order valence-corrected chi connectivity index (χ1v) is 16.3.